The Morgan fingerprint density at radius 3 is 2.78 bits per heavy atom. The van der Waals surface area contributed by atoms with Crippen molar-refractivity contribution in [3.63, 3.8) is 0 Å². The van der Waals surface area contributed by atoms with Crippen LogP contribution in [0.3, 0.4) is 0 Å². The van der Waals surface area contributed by atoms with Crippen molar-refractivity contribution in [3.05, 3.63) is 17.0 Å². The first kappa shape index (κ1) is 15.3. The maximum absolute atomic E-state index is 14.4. The molecule has 0 aromatic carbocycles. The van der Waals surface area contributed by atoms with Crippen LogP contribution in [0.25, 0.3) is 5.65 Å². The maximum Gasteiger partial charge on any atom is 0.212 e. The molecule has 2 aromatic heterocycles. The van der Waals surface area contributed by atoms with Crippen LogP contribution in [0.5, 0.6) is 0 Å². The lowest BCUT2D eigenvalue weighted by Gasteiger charge is -2.42. The molecule has 2 N–H and O–H groups in total. The summed E-state index contributed by atoms with van der Waals surface area (Å²) in [7, 11) is 0. The van der Waals surface area contributed by atoms with E-state index >= 15 is 0 Å². The molecule has 1 saturated heterocycles. The molecule has 0 radical (unpaired) electrons. The smallest absolute Gasteiger partial charge is 0.212 e. The standard InChI is InChI=1S/C15H20BrFN6/c1-14(17)6-11(18)15(8-14)2-4-22(5-3-15)13-19-7-10(16)12-21-20-9-23(12)13/h7,9,11H,2-6,8,18H2,1H3/t11-,14?/m1/s1. The molecule has 8 heteroatoms. The molecule has 1 spiro atoms. The van der Waals surface area contributed by atoms with Gasteiger partial charge < -0.3 is 10.6 Å². The predicted octanol–water partition coefficient (Wildman–Crippen LogP) is 2.32. The molecule has 2 aliphatic rings. The van der Waals surface area contributed by atoms with Crippen LogP contribution in [0.15, 0.2) is 17.0 Å². The van der Waals surface area contributed by atoms with Crippen LogP contribution in [0.2, 0.25) is 0 Å². The van der Waals surface area contributed by atoms with Gasteiger partial charge in [-0.3, -0.25) is 0 Å². The van der Waals surface area contributed by atoms with Gasteiger partial charge in [-0.25, -0.2) is 13.8 Å². The van der Waals surface area contributed by atoms with Crippen molar-refractivity contribution in [2.75, 3.05) is 18.0 Å². The summed E-state index contributed by atoms with van der Waals surface area (Å²) in [5.74, 6) is 0.831. The van der Waals surface area contributed by atoms with Crippen molar-refractivity contribution in [1.29, 1.82) is 0 Å². The molecule has 1 saturated carbocycles. The summed E-state index contributed by atoms with van der Waals surface area (Å²) in [6.45, 7) is 3.34. The minimum Gasteiger partial charge on any atom is -0.342 e. The normalized spacial score (nSPS) is 30.4. The van der Waals surface area contributed by atoms with Crippen molar-refractivity contribution in [1.82, 2.24) is 19.6 Å². The second-order valence-electron chi connectivity index (χ2n) is 7.18. The van der Waals surface area contributed by atoms with E-state index in [1.54, 1.807) is 19.4 Å². The van der Waals surface area contributed by atoms with E-state index in [9.17, 15) is 4.39 Å². The van der Waals surface area contributed by atoms with Crippen LogP contribution in [0.4, 0.5) is 10.3 Å². The van der Waals surface area contributed by atoms with Crippen LogP contribution in [-0.4, -0.2) is 44.4 Å². The molecule has 2 fully saturated rings. The number of hydrogen-bond donors (Lipinski definition) is 1. The quantitative estimate of drug-likeness (QED) is 0.819. The number of alkyl halides is 1. The molecule has 6 nitrogen and oxygen atoms in total. The maximum atomic E-state index is 14.4. The molecule has 124 valence electrons. The number of nitrogens with zero attached hydrogens (tertiary/aromatic N) is 5. The largest absolute Gasteiger partial charge is 0.342 e. The number of anilines is 1. The van der Waals surface area contributed by atoms with E-state index in [0.29, 0.717) is 12.8 Å². The molecule has 1 aliphatic carbocycles. The van der Waals surface area contributed by atoms with Crippen molar-refractivity contribution >= 4 is 27.5 Å². The first-order valence-corrected chi connectivity index (χ1v) is 8.73. The molecule has 23 heavy (non-hydrogen) atoms. The molecule has 3 heterocycles. The van der Waals surface area contributed by atoms with Gasteiger partial charge in [0.25, 0.3) is 0 Å². The van der Waals surface area contributed by atoms with Crippen molar-refractivity contribution in [2.24, 2.45) is 11.1 Å². The summed E-state index contributed by atoms with van der Waals surface area (Å²) in [6, 6.07) is -0.0487. The summed E-state index contributed by atoms with van der Waals surface area (Å²) in [5, 5.41) is 8.07. The van der Waals surface area contributed by atoms with Gasteiger partial charge in [-0.05, 0) is 54.0 Å². The number of halogens is 2. The van der Waals surface area contributed by atoms with E-state index in [1.165, 1.54) is 0 Å². The zero-order valence-corrected chi connectivity index (χ0v) is 14.6. The van der Waals surface area contributed by atoms with Gasteiger partial charge in [0, 0.05) is 25.3 Å². The summed E-state index contributed by atoms with van der Waals surface area (Å²) in [6.07, 6.45) is 6.27. The zero-order chi connectivity index (χ0) is 16.2. The summed E-state index contributed by atoms with van der Waals surface area (Å²) in [4.78, 5) is 6.74. The number of aromatic nitrogens is 4. The molecule has 0 bridgehead atoms. The van der Waals surface area contributed by atoms with Crippen LogP contribution in [0, 0.1) is 5.41 Å². The number of nitrogens with two attached hydrogens (primary N) is 1. The Balaban J connectivity index is 1.58. The fourth-order valence-electron chi connectivity index (χ4n) is 4.32. The monoisotopic (exact) mass is 382 g/mol. The lowest BCUT2D eigenvalue weighted by molar-refractivity contribution is 0.142. The van der Waals surface area contributed by atoms with Crippen LogP contribution >= 0.6 is 15.9 Å². The third-order valence-corrected chi connectivity index (χ3v) is 6.02. The minimum atomic E-state index is -1.13. The molecule has 0 amide bonds. The highest BCUT2D eigenvalue weighted by molar-refractivity contribution is 9.10. The van der Waals surface area contributed by atoms with Crippen molar-refractivity contribution < 1.29 is 4.39 Å². The van der Waals surface area contributed by atoms with E-state index in [0.717, 1.165) is 42.0 Å². The Morgan fingerprint density at radius 1 is 1.39 bits per heavy atom. The lowest BCUT2D eigenvalue weighted by Crippen LogP contribution is -2.47. The van der Waals surface area contributed by atoms with Crippen molar-refractivity contribution in [2.45, 2.75) is 44.3 Å². The first-order chi connectivity index (χ1) is 10.9. The molecule has 2 aromatic rings. The number of piperidine rings is 1. The Bertz CT molecular complexity index is 737. The highest BCUT2D eigenvalue weighted by Crippen LogP contribution is 2.51. The molecule has 1 aliphatic heterocycles. The topological polar surface area (TPSA) is 72.3 Å². The van der Waals surface area contributed by atoms with Gasteiger partial charge in [0.2, 0.25) is 5.95 Å². The van der Waals surface area contributed by atoms with Crippen LogP contribution in [0.1, 0.15) is 32.6 Å². The first-order valence-electron chi connectivity index (χ1n) is 7.94. The van der Waals surface area contributed by atoms with Gasteiger partial charge in [-0.1, -0.05) is 0 Å². The van der Waals surface area contributed by atoms with E-state index in [-0.39, 0.29) is 11.5 Å². The zero-order valence-electron chi connectivity index (χ0n) is 13.0. The average Bonchev–Trinajstić information content (AvgIpc) is 3.05. The van der Waals surface area contributed by atoms with Crippen LogP contribution < -0.4 is 10.6 Å². The molecule has 4 rings (SSSR count). The van der Waals surface area contributed by atoms with E-state index in [4.69, 9.17) is 5.73 Å². The van der Waals surface area contributed by atoms with E-state index in [2.05, 4.69) is 36.0 Å². The van der Waals surface area contributed by atoms with Gasteiger partial charge in [-0.15, -0.1) is 10.2 Å². The second-order valence-corrected chi connectivity index (χ2v) is 8.04. The fraction of sp³-hybridized carbons (Fsp3) is 0.667. The molecular weight excluding hydrogens is 363 g/mol. The van der Waals surface area contributed by atoms with E-state index in [1.807, 2.05) is 4.40 Å². The predicted molar refractivity (Wildman–Crippen MR) is 89.1 cm³/mol. The van der Waals surface area contributed by atoms with Gasteiger partial charge in [0.1, 0.15) is 12.0 Å². The number of hydrogen-bond acceptors (Lipinski definition) is 5. The van der Waals surface area contributed by atoms with Gasteiger partial charge in [0.05, 0.1) is 4.47 Å². The summed E-state index contributed by atoms with van der Waals surface area (Å²) >= 11 is 3.44. The van der Waals surface area contributed by atoms with Gasteiger partial charge in [-0.2, -0.15) is 0 Å². The van der Waals surface area contributed by atoms with Crippen molar-refractivity contribution in [3.8, 4) is 0 Å². The lowest BCUT2D eigenvalue weighted by atomic mass is 9.74. The minimum absolute atomic E-state index is 0.0487. The van der Waals surface area contributed by atoms with Gasteiger partial charge >= 0.3 is 0 Å². The Morgan fingerprint density at radius 2 is 2.13 bits per heavy atom. The second kappa shape index (κ2) is 5.11. The van der Waals surface area contributed by atoms with Crippen LogP contribution in [-0.2, 0) is 0 Å². The fourth-order valence-corrected chi connectivity index (χ4v) is 4.70. The Kier molecular flexibility index (Phi) is 3.39. The summed E-state index contributed by atoms with van der Waals surface area (Å²) < 4.78 is 17.1. The average molecular weight is 383 g/mol. The highest BCUT2D eigenvalue weighted by Gasteiger charge is 2.52. The molecule has 2 atom stereocenters. The van der Waals surface area contributed by atoms with Gasteiger partial charge in [0.15, 0.2) is 5.65 Å². The third-order valence-electron chi connectivity index (χ3n) is 5.47. The Hall–Kier alpha value is -1.28. The number of rotatable bonds is 1. The summed E-state index contributed by atoms with van der Waals surface area (Å²) in [5.41, 5.74) is 5.85. The third kappa shape index (κ3) is 2.42. The molecule has 1 unspecified atom stereocenters. The van der Waals surface area contributed by atoms with E-state index < -0.39 is 5.67 Å². The highest BCUT2D eigenvalue weighted by atomic mass is 79.9. The molecular formula is C15H20BrFN6. The number of fused-ring (bicyclic) bond motifs is 1. The Labute approximate surface area is 142 Å². The SMILES string of the molecule is CC1(F)C[C@@H](N)C2(CCN(c3ncc(Br)c4nncn34)CC2)C1.